The number of benzene rings is 2. The minimum Gasteiger partial charge on any atom is -0.491 e. The maximum atomic E-state index is 12.9. The number of amides is 1. The van der Waals surface area contributed by atoms with Gasteiger partial charge in [0.2, 0.25) is 0 Å². The highest BCUT2D eigenvalue weighted by molar-refractivity contribution is 5.96. The molecule has 2 heterocycles. The first-order valence-corrected chi connectivity index (χ1v) is 10.5. The van der Waals surface area contributed by atoms with Crippen molar-refractivity contribution in [2.45, 2.75) is 13.5 Å². The van der Waals surface area contributed by atoms with Crippen LogP contribution in [0.1, 0.15) is 21.5 Å². The highest BCUT2D eigenvalue weighted by atomic mass is 16.5. The fourth-order valence-electron chi connectivity index (χ4n) is 3.53. The monoisotopic (exact) mass is 444 g/mol. The van der Waals surface area contributed by atoms with E-state index in [0.717, 1.165) is 16.9 Å². The Morgan fingerprint density at radius 2 is 1.82 bits per heavy atom. The zero-order valence-corrected chi connectivity index (χ0v) is 18.4. The molecule has 0 aliphatic heterocycles. The molecule has 0 fully saturated rings. The number of H-pyrrole nitrogens is 1. The number of rotatable bonds is 7. The van der Waals surface area contributed by atoms with Crippen molar-refractivity contribution in [2.24, 2.45) is 0 Å². The summed E-state index contributed by atoms with van der Waals surface area (Å²) < 4.78 is 7.15. The van der Waals surface area contributed by atoms with Crippen molar-refractivity contribution >= 4 is 16.9 Å². The summed E-state index contributed by atoms with van der Waals surface area (Å²) in [6, 6.07) is 18.5. The summed E-state index contributed by atoms with van der Waals surface area (Å²) in [5.74, 6) is 0.478. The second-order valence-corrected chi connectivity index (χ2v) is 7.77. The van der Waals surface area contributed by atoms with Crippen molar-refractivity contribution in [1.82, 2.24) is 19.4 Å². The first kappa shape index (κ1) is 22.0. The highest BCUT2D eigenvalue weighted by Crippen LogP contribution is 2.16. The molecule has 0 unspecified atom stereocenters. The number of para-hydroxylation sites is 1. The van der Waals surface area contributed by atoms with Gasteiger partial charge in [0.1, 0.15) is 18.0 Å². The van der Waals surface area contributed by atoms with Crippen LogP contribution in [0.15, 0.2) is 76.4 Å². The summed E-state index contributed by atoms with van der Waals surface area (Å²) in [7, 11) is 1.66. The van der Waals surface area contributed by atoms with Crippen molar-refractivity contribution < 1.29 is 9.53 Å². The van der Waals surface area contributed by atoms with Gasteiger partial charge in [-0.25, -0.2) is 9.78 Å². The minimum absolute atomic E-state index is 0.181. The number of likely N-dealkylation sites (N-methyl/N-ethyl adjacent to an activating group) is 1. The molecule has 0 atom stereocenters. The fraction of sp³-hybridized carbons (Fsp3) is 0.200. The zero-order valence-electron chi connectivity index (χ0n) is 18.4. The Morgan fingerprint density at radius 1 is 1.09 bits per heavy atom. The molecule has 0 aliphatic carbocycles. The van der Waals surface area contributed by atoms with Crippen LogP contribution in [0.25, 0.3) is 11.0 Å². The topological polar surface area (TPSA) is 97.3 Å². The van der Waals surface area contributed by atoms with E-state index in [1.54, 1.807) is 7.05 Å². The smallest absolute Gasteiger partial charge is 0.330 e. The molecule has 0 bridgehead atoms. The molecule has 0 radical (unpaired) electrons. The Bertz CT molecular complexity index is 1410. The molecule has 2 aromatic heterocycles. The summed E-state index contributed by atoms with van der Waals surface area (Å²) >= 11 is 0. The molecule has 1 N–H and O–H groups in total. The number of aromatic amines is 1. The zero-order chi connectivity index (χ0) is 23.4. The van der Waals surface area contributed by atoms with E-state index >= 15 is 0 Å². The van der Waals surface area contributed by atoms with Gasteiger partial charge < -0.3 is 9.64 Å². The van der Waals surface area contributed by atoms with E-state index in [1.165, 1.54) is 21.7 Å². The van der Waals surface area contributed by atoms with Crippen molar-refractivity contribution in [3.05, 3.63) is 104 Å². The van der Waals surface area contributed by atoms with Gasteiger partial charge in [0.05, 0.1) is 24.0 Å². The van der Waals surface area contributed by atoms with E-state index in [-0.39, 0.29) is 29.0 Å². The maximum absolute atomic E-state index is 12.9. The van der Waals surface area contributed by atoms with E-state index in [2.05, 4.69) is 9.97 Å². The number of aromatic nitrogens is 3. The average Bonchev–Trinajstić information content (AvgIpc) is 2.83. The molecule has 8 heteroatoms. The summed E-state index contributed by atoms with van der Waals surface area (Å²) in [6.45, 7) is 2.89. The molecular formula is C25H24N4O4. The molecule has 4 aromatic rings. The molecule has 1 amide bonds. The molecule has 0 aliphatic rings. The van der Waals surface area contributed by atoms with E-state index in [0.29, 0.717) is 13.2 Å². The van der Waals surface area contributed by atoms with Crippen LogP contribution >= 0.6 is 0 Å². The Labute approximate surface area is 190 Å². The standard InChI is InChI=1S/C25H24N4O4/c1-17-8-6-7-11-21(17)33-13-12-28(2)24(31)19-14-20-22(26-15-19)29(25(32)27-23(20)30)16-18-9-4-3-5-10-18/h3-11,14-15H,12-13,16H2,1-2H3,(H,27,30,32). The first-order chi connectivity index (χ1) is 15.9. The summed E-state index contributed by atoms with van der Waals surface area (Å²) in [4.78, 5) is 45.9. The Morgan fingerprint density at radius 3 is 2.58 bits per heavy atom. The quantitative estimate of drug-likeness (QED) is 0.473. The lowest BCUT2D eigenvalue weighted by Crippen LogP contribution is -2.33. The number of nitrogens with one attached hydrogen (secondary N) is 1. The van der Waals surface area contributed by atoms with Crippen molar-refractivity contribution in [1.29, 1.82) is 0 Å². The van der Waals surface area contributed by atoms with Crippen LogP contribution in [0.4, 0.5) is 0 Å². The summed E-state index contributed by atoms with van der Waals surface area (Å²) in [6.07, 6.45) is 1.39. The van der Waals surface area contributed by atoms with Gasteiger partial charge in [0.15, 0.2) is 0 Å². The second-order valence-electron chi connectivity index (χ2n) is 7.77. The highest BCUT2D eigenvalue weighted by Gasteiger charge is 2.16. The number of pyridine rings is 1. The van der Waals surface area contributed by atoms with E-state index < -0.39 is 11.2 Å². The van der Waals surface area contributed by atoms with Crippen LogP contribution < -0.4 is 16.0 Å². The lowest BCUT2D eigenvalue weighted by molar-refractivity contribution is 0.0773. The van der Waals surface area contributed by atoms with Gasteiger partial charge in [-0.15, -0.1) is 0 Å². The number of hydrogen-bond acceptors (Lipinski definition) is 5. The van der Waals surface area contributed by atoms with Gasteiger partial charge in [-0.2, -0.15) is 0 Å². The number of carbonyl (C=O) groups excluding carboxylic acids is 1. The molecule has 168 valence electrons. The van der Waals surface area contributed by atoms with Gasteiger partial charge in [0.25, 0.3) is 11.5 Å². The Hall–Kier alpha value is -4.20. The van der Waals surface area contributed by atoms with Crippen LogP contribution in [0.5, 0.6) is 5.75 Å². The third-order valence-corrected chi connectivity index (χ3v) is 5.39. The fourth-order valence-corrected chi connectivity index (χ4v) is 3.53. The van der Waals surface area contributed by atoms with E-state index in [4.69, 9.17) is 4.74 Å². The number of carbonyl (C=O) groups is 1. The van der Waals surface area contributed by atoms with Crippen LogP contribution in [0.3, 0.4) is 0 Å². The van der Waals surface area contributed by atoms with E-state index in [1.807, 2.05) is 61.5 Å². The van der Waals surface area contributed by atoms with Gasteiger partial charge in [-0.3, -0.25) is 19.1 Å². The second kappa shape index (κ2) is 9.52. The lowest BCUT2D eigenvalue weighted by Gasteiger charge is -2.18. The molecule has 0 spiro atoms. The Balaban J connectivity index is 1.54. The van der Waals surface area contributed by atoms with Crippen molar-refractivity contribution in [3.63, 3.8) is 0 Å². The number of fused-ring (bicyclic) bond motifs is 1. The third kappa shape index (κ3) is 4.85. The average molecular weight is 444 g/mol. The molecule has 4 rings (SSSR count). The molecule has 33 heavy (non-hydrogen) atoms. The predicted molar refractivity (Wildman–Crippen MR) is 126 cm³/mol. The molecule has 2 aromatic carbocycles. The minimum atomic E-state index is -0.577. The number of nitrogens with zero attached hydrogens (tertiary/aromatic N) is 3. The van der Waals surface area contributed by atoms with Crippen molar-refractivity contribution in [3.8, 4) is 5.75 Å². The predicted octanol–water partition coefficient (Wildman–Crippen LogP) is 2.59. The maximum Gasteiger partial charge on any atom is 0.330 e. The summed E-state index contributed by atoms with van der Waals surface area (Å²) in [5, 5.41) is 0.181. The van der Waals surface area contributed by atoms with Gasteiger partial charge in [-0.05, 0) is 30.2 Å². The van der Waals surface area contributed by atoms with Gasteiger partial charge in [0, 0.05) is 13.2 Å². The van der Waals surface area contributed by atoms with Gasteiger partial charge in [-0.1, -0.05) is 48.5 Å². The van der Waals surface area contributed by atoms with E-state index in [9.17, 15) is 14.4 Å². The first-order valence-electron chi connectivity index (χ1n) is 10.5. The molecule has 0 saturated heterocycles. The third-order valence-electron chi connectivity index (χ3n) is 5.39. The normalized spacial score (nSPS) is 10.8. The van der Waals surface area contributed by atoms with Gasteiger partial charge >= 0.3 is 5.69 Å². The lowest BCUT2D eigenvalue weighted by atomic mass is 10.2. The van der Waals surface area contributed by atoms with Crippen molar-refractivity contribution in [2.75, 3.05) is 20.2 Å². The SMILES string of the molecule is Cc1ccccc1OCCN(C)C(=O)c1cnc2c(c1)c(=O)[nH]c(=O)n2Cc1ccccc1. The summed E-state index contributed by atoms with van der Waals surface area (Å²) in [5.41, 5.74) is 1.28. The number of ether oxygens (including phenoxy) is 1. The Kier molecular flexibility index (Phi) is 6.35. The largest absolute Gasteiger partial charge is 0.491 e. The van der Waals surface area contributed by atoms with Crippen LogP contribution in [-0.2, 0) is 6.54 Å². The van der Waals surface area contributed by atoms with Crippen LogP contribution in [-0.4, -0.2) is 45.5 Å². The number of hydrogen-bond donors (Lipinski definition) is 1. The molecule has 0 saturated carbocycles. The molecular weight excluding hydrogens is 420 g/mol. The van der Waals surface area contributed by atoms with Crippen LogP contribution in [0.2, 0.25) is 0 Å². The van der Waals surface area contributed by atoms with Crippen LogP contribution in [0, 0.1) is 6.92 Å². The number of aryl methyl sites for hydroxylation is 1. The molecule has 8 nitrogen and oxygen atoms in total.